The first-order valence-electron chi connectivity index (χ1n) is 11.0. The molecule has 0 aliphatic rings. The Morgan fingerprint density at radius 3 is 2.72 bits per heavy atom. The molecule has 36 heavy (non-hydrogen) atoms. The number of aromatic nitrogens is 3. The quantitative estimate of drug-likeness (QED) is 0.169. The van der Waals surface area contributed by atoms with Crippen LogP contribution in [0.4, 0.5) is 31.8 Å². The third kappa shape index (κ3) is 4.89. The van der Waals surface area contributed by atoms with Gasteiger partial charge in [-0.05, 0) is 39.6 Å². The molecule has 2 heterocycles. The number of nitrogens with zero attached hydrogens (tertiary/aromatic N) is 4. The number of para-hydroxylation sites is 1. The number of nitrogens with two attached hydrogens (primary N) is 1. The van der Waals surface area contributed by atoms with Gasteiger partial charge in [0.2, 0.25) is 5.95 Å². The highest BCUT2D eigenvalue weighted by molar-refractivity contribution is 5.94. The summed E-state index contributed by atoms with van der Waals surface area (Å²) >= 11 is 0. The van der Waals surface area contributed by atoms with Gasteiger partial charge in [0, 0.05) is 41.0 Å². The van der Waals surface area contributed by atoms with Gasteiger partial charge in [0.15, 0.2) is 5.75 Å². The number of nitro groups is 1. The van der Waals surface area contributed by atoms with E-state index in [-0.39, 0.29) is 46.3 Å². The van der Waals surface area contributed by atoms with E-state index >= 15 is 0 Å². The van der Waals surface area contributed by atoms with Crippen LogP contribution in [0, 0.1) is 17.0 Å². The van der Waals surface area contributed by atoms with Crippen LogP contribution < -0.4 is 15.8 Å². The first kappa shape index (κ1) is 24.8. The van der Waals surface area contributed by atoms with E-state index in [4.69, 9.17) is 10.5 Å². The minimum Gasteiger partial charge on any atom is -0.432 e. The van der Waals surface area contributed by atoms with Gasteiger partial charge in [0.05, 0.1) is 21.9 Å². The zero-order chi connectivity index (χ0) is 26.0. The first-order chi connectivity index (χ1) is 17.2. The number of nitrogen functional groups attached to an aromatic ring is 1. The summed E-state index contributed by atoms with van der Waals surface area (Å²) in [6.45, 7) is -1.39. The van der Waals surface area contributed by atoms with Gasteiger partial charge in [-0.1, -0.05) is 18.2 Å². The summed E-state index contributed by atoms with van der Waals surface area (Å²) in [5.41, 5.74) is 7.84. The number of likely N-dealkylation sites (N-methyl/N-ethyl adjacent to an activating group) is 1. The highest BCUT2D eigenvalue weighted by Gasteiger charge is 2.30. The maximum absolute atomic E-state index is 13.4. The lowest BCUT2D eigenvalue weighted by atomic mass is 10.00. The molecule has 0 saturated carbocycles. The first-order valence-corrected chi connectivity index (χ1v) is 11.0. The van der Waals surface area contributed by atoms with E-state index in [2.05, 4.69) is 20.3 Å². The van der Waals surface area contributed by atoms with E-state index in [0.717, 1.165) is 16.5 Å². The molecule has 12 heteroatoms. The maximum atomic E-state index is 13.4. The van der Waals surface area contributed by atoms with E-state index in [0.29, 0.717) is 12.2 Å². The number of nitrogens with one attached hydrogen (secondary N) is 2. The molecule has 4 aromatic rings. The van der Waals surface area contributed by atoms with Gasteiger partial charge in [-0.2, -0.15) is 8.78 Å². The molecule has 0 amide bonds. The summed E-state index contributed by atoms with van der Waals surface area (Å²) in [4.78, 5) is 25.1. The standard InChI is InChI=1S/C24H25F2N7O3/c1-13-19(27)21(33(34)35)15(9-11-32(2)3)20(22(13)36-23(25)26)31-24-28-10-8-18(30-24)16-12-29-17-7-5-4-6-14(16)17/h4-8,10,12,23,29H,9,11,27H2,1-3H3,(H,28,30,31). The summed E-state index contributed by atoms with van der Waals surface area (Å²) in [6.07, 6.45) is 3.46. The number of fused-ring (bicyclic) bond motifs is 1. The Morgan fingerprint density at radius 2 is 2.03 bits per heavy atom. The van der Waals surface area contributed by atoms with Crippen LogP contribution in [0.1, 0.15) is 11.1 Å². The molecule has 0 atom stereocenters. The van der Waals surface area contributed by atoms with Gasteiger partial charge in [0.25, 0.3) is 5.69 Å². The van der Waals surface area contributed by atoms with Crippen molar-refractivity contribution in [2.24, 2.45) is 0 Å². The zero-order valence-electron chi connectivity index (χ0n) is 19.9. The van der Waals surface area contributed by atoms with Gasteiger partial charge in [-0.15, -0.1) is 0 Å². The molecular weight excluding hydrogens is 472 g/mol. The molecule has 0 bridgehead atoms. The lowest BCUT2D eigenvalue weighted by molar-refractivity contribution is -0.384. The number of rotatable bonds is 9. The number of anilines is 3. The molecule has 0 radical (unpaired) electrons. The van der Waals surface area contributed by atoms with Crippen molar-refractivity contribution in [3.63, 3.8) is 0 Å². The number of alkyl halides is 2. The summed E-state index contributed by atoms with van der Waals surface area (Å²) in [5.74, 6) is -0.232. The largest absolute Gasteiger partial charge is 0.432 e. The fourth-order valence-electron chi connectivity index (χ4n) is 4.03. The second-order valence-corrected chi connectivity index (χ2v) is 8.40. The number of ether oxygens (including phenoxy) is 1. The summed E-state index contributed by atoms with van der Waals surface area (Å²) in [5, 5.41) is 15.8. The van der Waals surface area contributed by atoms with Crippen molar-refractivity contribution in [2.75, 3.05) is 31.7 Å². The van der Waals surface area contributed by atoms with Gasteiger partial charge in [0.1, 0.15) is 5.69 Å². The maximum Gasteiger partial charge on any atom is 0.387 e. The Balaban J connectivity index is 1.86. The van der Waals surface area contributed by atoms with Crippen molar-refractivity contribution in [2.45, 2.75) is 20.0 Å². The SMILES string of the molecule is Cc1c(N)c([N+](=O)[O-])c(CCN(C)C)c(Nc2nccc(-c3c[nH]c4ccccc34)n2)c1OC(F)F. The van der Waals surface area contributed by atoms with Crippen LogP contribution in [-0.4, -0.2) is 52.0 Å². The molecule has 10 nitrogen and oxygen atoms in total. The van der Waals surface area contributed by atoms with Crippen molar-refractivity contribution < 1.29 is 18.4 Å². The van der Waals surface area contributed by atoms with Crippen LogP contribution in [0.3, 0.4) is 0 Å². The summed E-state index contributed by atoms with van der Waals surface area (Å²) in [7, 11) is 3.58. The van der Waals surface area contributed by atoms with Crippen molar-refractivity contribution in [1.29, 1.82) is 0 Å². The van der Waals surface area contributed by atoms with E-state index < -0.39 is 11.5 Å². The molecule has 0 spiro atoms. The minimum atomic E-state index is -3.18. The summed E-state index contributed by atoms with van der Waals surface area (Å²) in [6, 6.07) is 9.39. The van der Waals surface area contributed by atoms with Crippen molar-refractivity contribution >= 4 is 33.9 Å². The Bertz CT molecular complexity index is 1420. The Morgan fingerprint density at radius 1 is 1.28 bits per heavy atom. The number of aromatic amines is 1. The Kier molecular flexibility index (Phi) is 6.97. The van der Waals surface area contributed by atoms with Crippen LogP contribution in [0.25, 0.3) is 22.2 Å². The number of H-pyrrole nitrogens is 1. The highest BCUT2D eigenvalue weighted by atomic mass is 19.3. The van der Waals surface area contributed by atoms with E-state index in [9.17, 15) is 18.9 Å². The molecule has 0 fully saturated rings. The highest BCUT2D eigenvalue weighted by Crippen LogP contribution is 2.45. The molecule has 188 valence electrons. The molecular formula is C24H25F2N7O3. The van der Waals surface area contributed by atoms with Crippen LogP contribution in [0.2, 0.25) is 0 Å². The molecule has 2 aromatic carbocycles. The smallest absolute Gasteiger partial charge is 0.387 e. The molecule has 2 aromatic heterocycles. The van der Waals surface area contributed by atoms with E-state index in [1.165, 1.54) is 13.1 Å². The Labute approximate surface area is 205 Å². The predicted octanol–water partition coefficient (Wildman–Crippen LogP) is 4.87. The molecule has 0 aliphatic heterocycles. The van der Waals surface area contributed by atoms with Crippen LogP contribution in [0.15, 0.2) is 42.7 Å². The summed E-state index contributed by atoms with van der Waals surface area (Å²) < 4.78 is 31.6. The molecule has 0 aliphatic carbocycles. The van der Waals surface area contributed by atoms with Crippen molar-refractivity contribution in [3.05, 3.63) is 64.0 Å². The third-order valence-corrected chi connectivity index (χ3v) is 5.77. The number of halogens is 2. The molecule has 4 N–H and O–H groups in total. The van der Waals surface area contributed by atoms with E-state index in [1.807, 2.05) is 35.4 Å². The lowest BCUT2D eigenvalue weighted by Gasteiger charge is -2.21. The Hall–Kier alpha value is -4.32. The second kappa shape index (κ2) is 10.1. The van der Waals surface area contributed by atoms with Crippen LogP contribution in [0.5, 0.6) is 5.75 Å². The van der Waals surface area contributed by atoms with Crippen LogP contribution >= 0.6 is 0 Å². The molecule has 4 rings (SSSR count). The van der Waals surface area contributed by atoms with Gasteiger partial charge >= 0.3 is 6.61 Å². The van der Waals surface area contributed by atoms with Crippen molar-refractivity contribution in [3.8, 4) is 17.0 Å². The van der Waals surface area contributed by atoms with Gasteiger partial charge < -0.3 is 25.7 Å². The predicted molar refractivity (Wildman–Crippen MR) is 134 cm³/mol. The second-order valence-electron chi connectivity index (χ2n) is 8.40. The van der Waals surface area contributed by atoms with E-state index in [1.54, 1.807) is 20.2 Å². The third-order valence-electron chi connectivity index (χ3n) is 5.77. The zero-order valence-corrected chi connectivity index (χ0v) is 19.9. The number of hydrogen-bond acceptors (Lipinski definition) is 8. The average molecular weight is 498 g/mol. The minimum absolute atomic E-state index is 0.0193. The lowest BCUT2D eigenvalue weighted by Crippen LogP contribution is -2.18. The number of nitro benzene ring substituents is 1. The van der Waals surface area contributed by atoms with Gasteiger partial charge in [-0.25, -0.2) is 9.97 Å². The average Bonchev–Trinajstić information content (AvgIpc) is 3.26. The number of benzene rings is 2. The fourth-order valence-corrected chi connectivity index (χ4v) is 4.03. The fraction of sp³-hybridized carbons (Fsp3) is 0.250. The van der Waals surface area contributed by atoms with Crippen LogP contribution in [-0.2, 0) is 6.42 Å². The van der Waals surface area contributed by atoms with Gasteiger partial charge in [-0.3, -0.25) is 10.1 Å². The topological polar surface area (TPSA) is 135 Å². The molecule has 0 unspecified atom stereocenters. The normalized spacial score (nSPS) is 11.4. The number of hydrogen-bond donors (Lipinski definition) is 3. The van der Waals surface area contributed by atoms with Crippen molar-refractivity contribution in [1.82, 2.24) is 19.9 Å². The molecule has 0 saturated heterocycles. The monoisotopic (exact) mass is 497 g/mol.